The van der Waals surface area contributed by atoms with Crippen molar-refractivity contribution in [1.29, 1.82) is 0 Å². The molecule has 76 valence electrons. The van der Waals surface area contributed by atoms with Crippen molar-refractivity contribution in [2.24, 2.45) is 0 Å². The first-order valence-electron chi connectivity index (χ1n) is 4.64. The Morgan fingerprint density at radius 2 is 2.07 bits per heavy atom. The van der Waals surface area contributed by atoms with Crippen LogP contribution in [0.1, 0.15) is 5.56 Å². The lowest BCUT2D eigenvalue weighted by Gasteiger charge is -2.06. The molecule has 0 radical (unpaired) electrons. The van der Waals surface area contributed by atoms with Gasteiger partial charge in [-0.05, 0) is 25.1 Å². The first-order valence-corrected chi connectivity index (χ1v) is 4.64. The molecule has 0 bridgehead atoms. The lowest BCUT2D eigenvalue weighted by atomic mass is 10.3. The summed E-state index contributed by atoms with van der Waals surface area (Å²) in [5.41, 5.74) is 0.959. The number of ether oxygens (including phenoxy) is 1. The van der Waals surface area contributed by atoms with E-state index in [0.717, 1.165) is 5.56 Å². The van der Waals surface area contributed by atoms with Gasteiger partial charge in [0, 0.05) is 17.8 Å². The molecular weight excluding hydrogens is 190 g/mol. The van der Waals surface area contributed by atoms with Crippen molar-refractivity contribution in [1.82, 2.24) is 4.98 Å². The fourth-order valence-corrected chi connectivity index (χ4v) is 1.24. The Kier molecular flexibility index (Phi) is 2.54. The monoisotopic (exact) mass is 201 g/mol. The SMILES string of the molecule is Cc1cccnc1Oc1cccc(O)c1. The van der Waals surface area contributed by atoms with Gasteiger partial charge in [0.2, 0.25) is 5.88 Å². The highest BCUT2D eigenvalue weighted by Gasteiger charge is 2.01. The maximum Gasteiger partial charge on any atom is 0.222 e. The predicted octanol–water partition coefficient (Wildman–Crippen LogP) is 2.89. The molecule has 15 heavy (non-hydrogen) atoms. The van der Waals surface area contributed by atoms with Crippen molar-refractivity contribution in [3.63, 3.8) is 0 Å². The molecule has 2 rings (SSSR count). The van der Waals surface area contributed by atoms with Gasteiger partial charge < -0.3 is 9.84 Å². The summed E-state index contributed by atoms with van der Waals surface area (Å²) in [5, 5.41) is 9.26. The van der Waals surface area contributed by atoms with Crippen molar-refractivity contribution in [3.05, 3.63) is 48.2 Å². The van der Waals surface area contributed by atoms with Crippen molar-refractivity contribution >= 4 is 0 Å². The summed E-state index contributed by atoms with van der Waals surface area (Å²) in [4.78, 5) is 4.10. The normalized spacial score (nSPS) is 9.93. The van der Waals surface area contributed by atoms with Crippen LogP contribution in [-0.2, 0) is 0 Å². The highest BCUT2D eigenvalue weighted by Crippen LogP contribution is 2.24. The van der Waals surface area contributed by atoms with Crippen LogP contribution in [0.5, 0.6) is 17.4 Å². The molecule has 1 aromatic heterocycles. The first-order chi connectivity index (χ1) is 7.25. The van der Waals surface area contributed by atoms with E-state index in [1.165, 1.54) is 0 Å². The lowest BCUT2D eigenvalue weighted by Crippen LogP contribution is -1.89. The van der Waals surface area contributed by atoms with Crippen LogP contribution in [0.4, 0.5) is 0 Å². The molecule has 0 amide bonds. The Balaban J connectivity index is 2.26. The third kappa shape index (κ3) is 2.26. The Morgan fingerprint density at radius 1 is 1.20 bits per heavy atom. The van der Waals surface area contributed by atoms with Crippen LogP contribution in [0.15, 0.2) is 42.6 Å². The highest BCUT2D eigenvalue weighted by atomic mass is 16.5. The van der Waals surface area contributed by atoms with E-state index in [2.05, 4.69) is 4.98 Å². The number of phenolic OH excluding ortho intramolecular Hbond substituents is 1. The largest absolute Gasteiger partial charge is 0.508 e. The Labute approximate surface area is 88.0 Å². The van der Waals surface area contributed by atoms with Crippen LogP contribution in [0.25, 0.3) is 0 Å². The minimum absolute atomic E-state index is 0.182. The average molecular weight is 201 g/mol. The molecule has 0 saturated carbocycles. The number of hydrogen-bond donors (Lipinski definition) is 1. The number of aryl methyl sites for hydroxylation is 1. The van der Waals surface area contributed by atoms with Crippen molar-refractivity contribution in [3.8, 4) is 17.4 Å². The number of aromatic hydroxyl groups is 1. The molecule has 3 heteroatoms. The lowest BCUT2D eigenvalue weighted by molar-refractivity contribution is 0.443. The summed E-state index contributed by atoms with van der Waals surface area (Å²) in [6.45, 7) is 1.92. The van der Waals surface area contributed by atoms with Gasteiger partial charge in [-0.1, -0.05) is 12.1 Å². The van der Waals surface area contributed by atoms with Crippen molar-refractivity contribution in [2.45, 2.75) is 6.92 Å². The van der Waals surface area contributed by atoms with Crippen LogP contribution < -0.4 is 4.74 Å². The van der Waals surface area contributed by atoms with E-state index in [4.69, 9.17) is 4.74 Å². The van der Waals surface area contributed by atoms with Crippen LogP contribution >= 0.6 is 0 Å². The van der Waals surface area contributed by atoms with E-state index < -0.39 is 0 Å². The smallest absolute Gasteiger partial charge is 0.222 e. The number of nitrogens with zero attached hydrogens (tertiary/aromatic N) is 1. The summed E-state index contributed by atoms with van der Waals surface area (Å²) in [6, 6.07) is 10.4. The minimum atomic E-state index is 0.182. The molecule has 2 aromatic rings. The third-order valence-electron chi connectivity index (χ3n) is 1.99. The van der Waals surface area contributed by atoms with Crippen LogP contribution in [0, 0.1) is 6.92 Å². The van der Waals surface area contributed by atoms with E-state index in [1.807, 2.05) is 19.1 Å². The molecule has 0 atom stereocenters. The Hall–Kier alpha value is -2.03. The second-order valence-electron chi connectivity index (χ2n) is 3.22. The fraction of sp³-hybridized carbons (Fsp3) is 0.0833. The van der Waals surface area contributed by atoms with E-state index in [-0.39, 0.29) is 5.75 Å². The number of hydrogen-bond acceptors (Lipinski definition) is 3. The fourth-order valence-electron chi connectivity index (χ4n) is 1.24. The molecular formula is C12H11NO2. The van der Waals surface area contributed by atoms with Crippen LogP contribution in [-0.4, -0.2) is 10.1 Å². The second kappa shape index (κ2) is 4.00. The number of aromatic nitrogens is 1. The zero-order valence-electron chi connectivity index (χ0n) is 8.34. The maximum atomic E-state index is 9.26. The standard InChI is InChI=1S/C12H11NO2/c1-9-4-3-7-13-12(9)15-11-6-2-5-10(14)8-11/h2-8,14H,1H3. The maximum absolute atomic E-state index is 9.26. The summed E-state index contributed by atoms with van der Waals surface area (Å²) >= 11 is 0. The van der Waals surface area contributed by atoms with Crippen molar-refractivity contribution in [2.75, 3.05) is 0 Å². The van der Waals surface area contributed by atoms with Gasteiger partial charge in [-0.2, -0.15) is 0 Å². The van der Waals surface area contributed by atoms with Gasteiger partial charge in [0.25, 0.3) is 0 Å². The molecule has 1 aromatic carbocycles. The Bertz CT molecular complexity index is 469. The van der Waals surface area contributed by atoms with Gasteiger partial charge in [-0.3, -0.25) is 0 Å². The number of benzene rings is 1. The summed E-state index contributed by atoms with van der Waals surface area (Å²) in [6.07, 6.45) is 1.67. The molecule has 0 saturated heterocycles. The molecule has 0 aliphatic carbocycles. The summed E-state index contributed by atoms with van der Waals surface area (Å²) < 4.78 is 5.52. The molecule has 1 N–H and O–H groups in total. The topological polar surface area (TPSA) is 42.4 Å². The molecule has 1 heterocycles. The van der Waals surface area contributed by atoms with Crippen molar-refractivity contribution < 1.29 is 9.84 Å². The van der Waals surface area contributed by atoms with Crippen LogP contribution in [0.2, 0.25) is 0 Å². The predicted molar refractivity (Wildman–Crippen MR) is 57.2 cm³/mol. The summed E-state index contributed by atoms with van der Waals surface area (Å²) in [7, 11) is 0. The van der Waals surface area contributed by atoms with E-state index in [1.54, 1.807) is 30.5 Å². The molecule has 0 spiro atoms. The Morgan fingerprint density at radius 3 is 2.80 bits per heavy atom. The average Bonchev–Trinajstić information content (AvgIpc) is 2.22. The number of rotatable bonds is 2. The quantitative estimate of drug-likeness (QED) is 0.812. The van der Waals surface area contributed by atoms with Crippen LogP contribution in [0.3, 0.4) is 0 Å². The molecule has 0 unspecified atom stereocenters. The van der Waals surface area contributed by atoms with E-state index in [9.17, 15) is 5.11 Å². The van der Waals surface area contributed by atoms with Gasteiger partial charge in [0.1, 0.15) is 11.5 Å². The van der Waals surface area contributed by atoms with E-state index in [0.29, 0.717) is 11.6 Å². The minimum Gasteiger partial charge on any atom is -0.508 e. The third-order valence-corrected chi connectivity index (χ3v) is 1.99. The summed E-state index contributed by atoms with van der Waals surface area (Å²) in [5.74, 6) is 1.32. The molecule has 0 fully saturated rings. The van der Waals surface area contributed by atoms with Gasteiger partial charge in [0.05, 0.1) is 0 Å². The zero-order chi connectivity index (χ0) is 10.7. The molecule has 0 aliphatic heterocycles. The molecule has 0 aliphatic rings. The van der Waals surface area contributed by atoms with Gasteiger partial charge in [-0.15, -0.1) is 0 Å². The zero-order valence-corrected chi connectivity index (χ0v) is 8.34. The van der Waals surface area contributed by atoms with Gasteiger partial charge >= 0.3 is 0 Å². The number of phenols is 1. The first kappa shape index (κ1) is 9.52. The van der Waals surface area contributed by atoms with E-state index >= 15 is 0 Å². The highest BCUT2D eigenvalue weighted by molar-refractivity contribution is 5.35. The number of pyridine rings is 1. The van der Waals surface area contributed by atoms with Gasteiger partial charge in [-0.25, -0.2) is 4.98 Å². The second-order valence-corrected chi connectivity index (χ2v) is 3.22. The molecule has 3 nitrogen and oxygen atoms in total. The van der Waals surface area contributed by atoms with Gasteiger partial charge in [0.15, 0.2) is 0 Å².